The number of carbonyl (C=O) groups excluding carboxylic acids is 2. The molecule has 1 N–H and O–H groups in total. The molecule has 136 valence electrons. The number of benzene rings is 2. The van der Waals surface area contributed by atoms with Crippen LogP contribution in [-0.2, 0) is 10.2 Å². The van der Waals surface area contributed by atoms with Crippen LogP contribution in [0.4, 0.5) is 10.1 Å². The molecule has 2 aromatic rings. The van der Waals surface area contributed by atoms with Crippen LogP contribution >= 0.6 is 0 Å². The topological polar surface area (TPSA) is 49.4 Å². The highest BCUT2D eigenvalue weighted by Gasteiger charge is 2.51. The first-order chi connectivity index (χ1) is 12.5. The molecular formula is C21H23FN2O2. The average molecular weight is 354 g/mol. The molecule has 0 bridgehead atoms. The van der Waals surface area contributed by atoms with Gasteiger partial charge in [-0.05, 0) is 62.6 Å². The van der Waals surface area contributed by atoms with Gasteiger partial charge in [-0.25, -0.2) is 4.39 Å². The highest BCUT2D eigenvalue weighted by atomic mass is 19.1. The number of amides is 2. The number of hydrogen-bond acceptors (Lipinski definition) is 2. The lowest BCUT2D eigenvalue weighted by Gasteiger charge is -2.19. The molecule has 1 saturated carbocycles. The SMILES string of the molecule is CCN(CC)C(=O)c1cccc(NC(=O)C2(c3ccc(F)cc3)CC2)c1. The first kappa shape index (κ1) is 18.1. The summed E-state index contributed by atoms with van der Waals surface area (Å²) in [6.45, 7) is 5.15. The van der Waals surface area contributed by atoms with Crippen LogP contribution < -0.4 is 5.32 Å². The summed E-state index contributed by atoms with van der Waals surface area (Å²) in [6, 6.07) is 13.1. The summed E-state index contributed by atoms with van der Waals surface area (Å²) in [7, 11) is 0. The first-order valence-electron chi connectivity index (χ1n) is 8.97. The standard InChI is InChI=1S/C21H23FN2O2/c1-3-24(4-2)19(25)15-6-5-7-18(14-15)23-20(26)21(12-13-21)16-8-10-17(22)11-9-16/h5-11,14H,3-4,12-13H2,1-2H3,(H,23,26). The number of hydrogen-bond donors (Lipinski definition) is 1. The molecule has 2 aromatic carbocycles. The van der Waals surface area contributed by atoms with Crippen molar-refractivity contribution in [3.8, 4) is 0 Å². The van der Waals surface area contributed by atoms with E-state index in [-0.39, 0.29) is 17.6 Å². The largest absolute Gasteiger partial charge is 0.339 e. The van der Waals surface area contributed by atoms with E-state index in [2.05, 4.69) is 5.32 Å². The van der Waals surface area contributed by atoms with Crippen molar-refractivity contribution < 1.29 is 14.0 Å². The molecule has 1 aliphatic carbocycles. The van der Waals surface area contributed by atoms with E-state index in [9.17, 15) is 14.0 Å². The molecule has 2 amide bonds. The smallest absolute Gasteiger partial charge is 0.253 e. The van der Waals surface area contributed by atoms with Crippen molar-refractivity contribution in [3.05, 3.63) is 65.5 Å². The van der Waals surface area contributed by atoms with E-state index in [1.165, 1.54) is 12.1 Å². The van der Waals surface area contributed by atoms with Crippen LogP contribution in [0.15, 0.2) is 48.5 Å². The van der Waals surface area contributed by atoms with Crippen molar-refractivity contribution in [3.63, 3.8) is 0 Å². The lowest BCUT2D eigenvalue weighted by molar-refractivity contribution is -0.118. The second kappa shape index (κ2) is 7.28. The third kappa shape index (κ3) is 3.47. The number of halogens is 1. The van der Waals surface area contributed by atoms with Crippen molar-refractivity contribution in [1.29, 1.82) is 0 Å². The minimum atomic E-state index is -0.591. The lowest BCUT2D eigenvalue weighted by Crippen LogP contribution is -2.31. The van der Waals surface area contributed by atoms with Crippen LogP contribution in [0.1, 0.15) is 42.6 Å². The van der Waals surface area contributed by atoms with Gasteiger partial charge in [0.1, 0.15) is 5.82 Å². The molecule has 4 nitrogen and oxygen atoms in total. The highest BCUT2D eigenvalue weighted by molar-refractivity contribution is 6.02. The number of nitrogens with one attached hydrogen (secondary N) is 1. The van der Waals surface area contributed by atoms with Gasteiger partial charge in [-0.15, -0.1) is 0 Å². The Morgan fingerprint density at radius 1 is 1.08 bits per heavy atom. The fourth-order valence-corrected chi connectivity index (χ4v) is 3.21. The lowest BCUT2D eigenvalue weighted by atomic mass is 9.95. The van der Waals surface area contributed by atoms with Crippen LogP contribution in [0, 0.1) is 5.82 Å². The molecule has 5 heteroatoms. The van der Waals surface area contributed by atoms with E-state index < -0.39 is 5.41 Å². The van der Waals surface area contributed by atoms with Crippen molar-refractivity contribution in [2.45, 2.75) is 32.1 Å². The predicted octanol–water partition coefficient (Wildman–Crippen LogP) is 3.98. The molecular weight excluding hydrogens is 331 g/mol. The number of carbonyl (C=O) groups is 2. The van der Waals surface area contributed by atoms with Crippen molar-refractivity contribution in [1.82, 2.24) is 4.90 Å². The maximum absolute atomic E-state index is 13.2. The Labute approximate surface area is 153 Å². The summed E-state index contributed by atoms with van der Waals surface area (Å²) < 4.78 is 13.2. The van der Waals surface area contributed by atoms with Crippen molar-refractivity contribution in [2.24, 2.45) is 0 Å². The summed E-state index contributed by atoms with van der Waals surface area (Å²) in [5.74, 6) is -0.477. The van der Waals surface area contributed by atoms with Crippen LogP contribution in [0.3, 0.4) is 0 Å². The first-order valence-corrected chi connectivity index (χ1v) is 8.97. The van der Waals surface area contributed by atoms with Gasteiger partial charge < -0.3 is 10.2 Å². The third-order valence-corrected chi connectivity index (χ3v) is 5.00. The second-order valence-electron chi connectivity index (χ2n) is 6.60. The minimum Gasteiger partial charge on any atom is -0.339 e. The van der Waals surface area contributed by atoms with Gasteiger partial charge in [-0.2, -0.15) is 0 Å². The van der Waals surface area contributed by atoms with Crippen LogP contribution in [0.5, 0.6) is 0 Å². The van der Waals surface area contributed by atoms with Gasteiger partial charge in [0.25, 0.3) is 5.91 Å². The van der Waals surface area contributed by atoms with E-state index in [4.69, 9.17) is 0 Å². The van der Waals surface area contributed by atoms with Gasteiger partial charge in [0, 0.05) is 24.3 Å². The molecule has 0 unspecified atom stereocenters. The molecule has 26 heavy (non-hydrogen) atoms. The quantitative estimate of drug-likeness (QED) is 0.853. The summed E-state index contributed by atoms with van der Waals surface area (Å²) in [6.07, 6.45) is 1.48. The molecule has 0 saturated heterocycles. The fraction of sp³-hybridized carbons (Fsp3) is 0.333. The predicted molar refractivity (Wildman–Crippen MR) is 99.6 cm³/mol. The average Bonchev–Trinajstić information content (AvgIpc) is 3.45. The Bertz CT molecular complexity index is 809. The zero-order chi connectivity index (χ0) is 18.7. The second-order valence-corrected chi connectivity index (χ2v) is 6.60. The molecule has 1 aliphatic rings. The van der Waals surface area contributed by atoms with E-state index in [1.54, 1.807) is 41.3 Å². The van der Waals surface area contributed by atoms with Gasteiger partial charge in [0.05, 0.1) is 5.41 Å². The Hall–Kier alpha value is -2.69. The number of nitrogens with zero attached hydrogens (tertiary/aromatic N) is 1. The molecule has 0 atom stereocenters. The normalized spacial score (nSPS) is 14.6. The molecule has 0 radical (unpaired) electrons. The Morgan fingerprint density at radius 3 is 2.31 bits per heavy atom. The summed E-state index contributed by atoms with van der Waals surface area (Å²) in [5.41, 5.74) is 1.39. The minimum absolute atomic E-state index is 0.0502. The molecule has 0 spiro atoms. The van der Waals surface area contributed by atoms with Crippen LogP contribution in [0.2, 0.25) is 0 Å². The van der Waals surface area contributed by atoms with Gasteiger partial charge >= 0.3 is 0 Å². The van der Waals surface area contributed by atoms with E-state index >= 15 is 0 Å². The van der Waals surface area contributed by atoms with Crippen molar-refractivity contribution >= 4 is 17.5 Å². The van der Waals surface area contributed by atoms with Crippen LogP contribution in [0.25, 0.3) is 0 Å². The molecule has 3 rings (SSSR count). The highest BCUT2D eigenvalue weighted by Crippen LogP contribution is 2.49. The summed E-state index contributed by atoms with van der Waals surface area (Å²) >= 11 is 0. The monoisotopic (exact) mass is 354 g/mol. The van der Waals surface area contributed by atoms with E-state index in [0.717, 1.165) is 18.4 Å². The van der Waals surface area contributed by atoms with Crippen LogP contribution in [-0.4, -0.2) is 29.8 Å². The van der Waals surface area contributed by atoms with E-state index in [1.807, 2.05) is 13.8 Å². The summed E-state index contributed by atoms with van der Waals surface area (Å²) in [4.78, 5) is 27.0. The number of rotatable bonds is 6. The molecule has 0 aromatic heterocycles. The van der Waals surface area contributed by atoms with Gasteiger partial charge in [0.15, 0.2) is 0 Å². The number of anilines is 1. The third-order valence-electron chi connectivity index (χ3n) is 5.00. The van der Waals surface area contributed by atoms with E-state index in [0.29, 0.717) is 24.3 Å². The summed E-state index contributed by atoms with van der Waals surface area (Å²) in [5, 5.41) is 2.92. The molecule has 0 heterocycles. The Balaban J connectivity index is 1.77. The van der Waals surface area contributed by atoms with Gasteiger partial charge in [0.2, 0.25) is 5.91 Å². The Kier molecular flexibility index (Phi) is 5.07. The molecule has 1 fully saturated rings. The maximum atomic E-state index is 13.2. The molecule has 0 aliphatic heterocycles. The zero-order valence-electron chi connectivity index (χ0n) is 15.1. The fourth-order valence-electron chi connectivity index (χ4n) is 3.21. The van der Waals surface area contributed by atoms with Crippen molar-refractivity contribution in [2.75, 3.05) is 18.4 Å². The Morgan fingerprint density at radius 2 is 1.73 bits per heavy atom. The zero-order valence-corrected chi connectivity index (χ0v) is 15.1. The van der Waals surface area contributed by atoms with Gasteiger partial charge in [-0.1, -0.05) is 18.2 Å². The maximum Gasteiger partial charge on any atom is 0.253 e. The van der Waals surface area contributed by atoms with Gasteiger partial charge in [-0.3, -0.25) is 9.59 Å².